The Labute approximate surface area is 103 Å². The Morgan fingerprint density at radius 1 is 1.41 bits per heavy atom. The number of nitrogens with zero attached hydrogens (tertiary/aromatic N) is 3. The van der Waals surface area contributed by atoms with Gasteiger partial charge in [-0.2, -0.15) is 0 Å². The van der Waals surface area contributed by atoms with Crippen LogP contribution in [0.5, 0.6) is 0 Å². The molecule has 0 aliphatic rings. The summed E-state index contributed by atoms with van der Waals surface area (Å²) in [5, 5.41) is 17.3. The van der Waals surface area contributed by atoms with Gasteiger partial charge in [0.25, 0.3) is 0 Å². The standard InChI is InChI=1S/C11H10ClN3O2/c1-6-5-8(12)3-4-9(6)15-10(11(16)17)7(2)13-14-15/h3-5H,1-2H3,(H,16,17). The summed E-state index contributed by atoms with van der Waals surface area (Å²) in [5.74, 6) is -1.05. The molecule has 0 saturated carbocycles. The second-order valence-electron chi connectivity index (χ2n) is 3.67. The van der Waals surface area contributed by atoms with Crippen LogP contribution < -0.4 is 0 Å². The fourth-order valence-electron chi connectivity index (χ4n) is 1.63. The van der Waals surface area contributed by atoms with Gasteiger partial charge in [0.05, 0.1) is 11.4 Å². The Kier molecular flexibility index (Phi) is 2.85. The van der Waals surface area contributed by atoms with Gasteiger partial charge in [0.15, 0.2) is 5.69 Å². The van der Waals surface area contributed by atoms with Crippen molar-refractivity contribution in [3.63, 3.8) is 0 Å². The van der Waals surface area contributed by atoms with E-state index in [4.69, 9.17) is 16.7 Å². The average molecular weight is 252 g/mol. The Hall–Kier alpha value is -1.88. The van der Waals surface area contributed by atoms with Gasteiger partial charge in [-0.1, -0.05) is 16.8 Å². The summed E-state index contributed by atoms with van der Waals surface area (Å²) >= 11 is 5.85. The Morgan fingerprint density at radius 2 is 2.12 bits per heavy atom. The molecular formula is C11H10ClN3O2. The van der Waals surface area contributed by atoms with Gasteiger partial charge in [0.1, 0.15) is 0 Å². The molecule has 1 aromatic heterocycles. The van der Waals surface area contributed by atoms with E-state index in [1.54, 1.807) is 25.1 Å². The molecule has 0 unspecified atom stereocenters. The fraction of sp³-hybridized carbons (Fsp3) is 0.182. The van der Waals surface area contributed by atoms with E-state index < -0.39 is 5.97 Å². The molecule has 0 radical (unpaired) electrons. The van der Waals surface area contributed by atoms with Crippen molar-refractivity contribution >= 4 is 17.6 Å². The van der Waals surface area contributed by atoms with Crippen molar-refractivity contribution in [3.8, 4) is 5.69 Å². The number of carbonyl (C=O) groups is 1. The number of aromatic nitrogens is 3. The number of hydrogen-bond donors (Lipinski definition) is 1. The highest BCUT2D eigenvalue weighted by Crippen LogP contribution is 2.20. The molecule has 0 aliphatic carbocycles. The third kappa shape index (κ3) is 2.01. The number of rotatable bonds is 2. The van der Waals surface area contributed by atoms with Crippen LogP contribution in [0.15, 0.2) is 18.2 Å². The molecule has 0 amide bonds. The molecule has 0 fully saturated rings. The maximum absolute atomic E-state index is 11.1. The van der Waals surface area contributed by atoms with E-state index in [1.165, 1.54) is 4.68 Å². The summed E-state index contributed by atoms with van der Waals surface area (Å²) in [7, 11) is 0. The minimum atomic E-state index is -1.05. The van der Waals surface area contributed by atoms with E-state index in [2.05, 4.69) is 10.3 Å². The fourth-order valence-corrected chi connectivity index (χ4v) is 1.85. The lowest BCUT2D eigenvalue weighted by Crippen LogP contribution is -2.10. The first-order valence-electron chi connectivity index (χ1n) is 4.93. The largest absolute Gasteiger partial charge is 0.476 e. The van der Waals surface area contributed by atoms with Crippen molar-refractivity contribution in [2.45, 2.75) is 13.8 Å². The maximum Gasteiger partial charge on any atom is 0.356 e. The second kappa shape index (κ2) is 4.18. The zero-order valence-electron chi connectivity index (χ0n) is 9.31. The van der Waals surface area contributed by atoms with Gasteiger partial charge >= 0.3 is 5.97 Å². The molecule has 0 bridgehead atoms. The number of benzene rings is 1. The number of aromatic carboxylic acids is 1. The molecule has 1 heterocycles. The predicted octanol–water partition coefficient (Wildman–Crippen LogP) is 2.24. The van der Waals surface area contributed by atoms with E-state index in [1.807, 2.05) is 6.92 Å². The van der Waals surface area contributed by atoms with Crippen molar-refractivity contribution in [2.75, 3.05) is 0 Å². The van der Waals surface area contributed by atoms with E-state index in [9.17, 15) is 4.79 Å². The summed E-state index contributed by atoms with van der Waals surface area (Å²) in [5.41, 5.74) is 1.94. The summed E-state index contributed by atoms with van der Waals surface area (Å²) in [6, 6.07) is 5.16. The normalized spacial score (nSPS) is 10.5. The average Bonchev–Trinajstić information content (AvgIpc) is 2.60. The van der Waals surface area contributed by atoms with Crippen LogP contribution in [0.3, 0.4) is 0 Å². The molecule has 0 atom stereocenters. The van der Waals surface area contributed by atoms with Gasteiger partial charge in [-0.25, -0.2) is 9.48 Å². The molecule has 1 N–H and O–H groups in total. The molecule has 0 aliphatic heterocycles. The Balaban J connectivity index is 2.65. The highest BCUT2D eigenvalue weighted by molar-refractivity contribution is 6.30. The van der Waals surface area contributed by atoms with E-state index in [0.717, 1.165) is 5.56 Å². The summed E-state index contributed by atoms with van der Waals surface area (Å²) < 4.78 is 1.31. The Morgan fingerprint density at radius 3 is 2.71 bits per heavy atom. The first kappa shape index (κ1) is 11.6. The SMILES string of the molecule is Cc1cc(Cl)ccc1-n1nnc(C)c1C(=O)O. The van der Waals surface area contributed by atoms with E-state index in [0.29, 0.717) is 16.4 Å². The molecule has 5 nitrogen and oxygen atoms in total. The minimum Gasteiger partial charge on any atom is -0.476 e. The summed E-state index contributed by atoms with van der Waals surface area (Å²) in [4.78, 5) is 11.1. The second-order valence-corrected chi connectivity index (χ2v) is 4.11. The number of halogens is 1. The van der Waals surface area contributed by atoms with Crippen LogP contribution in [0.2, 0.25) is 5.02 Å². The minimum absolute atomic E-state index is 0.0652. The first-order valence-corrected chi connectivity index (χ1v) is 5.30. The molecule has 6 heteroatoms. The van der Waals surface area contributed by atoms with Crippen LogP contribution >= 0.6 is 11.6 Å². The first-order chi connectivity index (χ1) is 8.00. The van der Waals surface area contributed by atoms with Crippen molar-refractivity contribution in [3.05, 3.63) is 40.2 Å². The van der Waals surface area contributed by atoms with Crippen LogP contribution in [0.1, 0.15) is 21.7 Å². The van der Waals surface area contributed by atoms with Gasteiger partial charge in [-0.15, -0.1) is 5.10 Å². The third-order valence-corrected chi connectivity index (χ3v) is 2.66. The molecule has 17 heavy (non-hydrogen) atoms. The van der Waals surface area contributed by atoms with Crippen LogP contribution in [0.4, 0.5) is 0 Å². The number of hydrogen-bond acceptors (Lipinski definition) is 3. The zero-order valence-corrected chi connectivity index (χ0v) is 10.1. The quantitative estimate of drug-likeness (QED) is 0.889. The molecule has 88 valence electrons. The lowest BCUT2D eigenvalue weighted by atomic mass is 10.2. The molecule has 1 aromatic carbocycles. The maximum atomic E-state index is 11.1. The van der Waals surface area contributed by atoms with Gasteiger partial charge < -0.3 is 5.11 Å². The van der Waals surface area contributed by atoms with E-state index >= 15 is 0 Å². The lowest BCUT2D eigenvalue weighted by molar-refractivity contribution is 0.0686. The number of carboxylic acids is 1. The van der Waals surface area contributed by atoms with Crippen LogP contribution in [-0.2, 0) is 0 Å². The van der Waals surface area contributed by atoms with Gasteiger partial charge in [0.2, 0.25) is 0 Å². The Bertz CT molecular complexity index is 592. The van der Waals surface area contributed by atoms with Crippen molar-refractivity contribution in [1.29, 1.82) is 0 Å². The monoisotopic (exact) mass is 251 g/mol. The van der Waals surface area contributed by atoms with Crippen molar-refractivity contribution < 1.29 is 9.90 Å². The molecule has 0 saturated heterocycles. The predicted molar refractivity (Wildman–Crippen MR) is 62.8 cm³/mol. The molecule has 0 spiro atoms. The molecular weight excluding hydrogens is 242 g/mol. The van der Waals surface area contributed by atoms with Gasteiger partial charge in [0, 0.05) is 5.02 Å². The van der Waals surface area contributed by atoms with Gasteiger partial charge in [-0.3, -0.25) is 0 Å². The number of carboxylic acid groups (broad SMARTS) is 1. The molecule has 2 rings (SSSR count). The third-order valence-electron chi connectivity index (χ3n) is 2.43. The summed E-state index contributed by atoms with van der Waals surface area (Å²) in [6.45, 7) is 3.45. The molecule has 2 aromatic rings. The lowest BCUT2D eigenvalue weighted by Gasteiger charge is -2.07. The zero-order chi connectivity index (χ0) is 12.6. The van der Waals surface area contributed by atoms with Crippen molar-refractivity contribution in [1.82, 2.24) is 15.0 Å². The van der Waals surface area contributed by atoms with Crippen LogP contribution in [0.25, 0.3) is 5.69 Å². The van der Waals surface area contributed by atoms with Crippen molar-refractivity contribution in [2.24, 2.45) is 0 Å². The highest BCUT2D eigenvalue weighted by Gasteiger charge is 2.18. The summed E-state index contributed by atoms with van der Waals surface area (Å²) in [6.07, 6.45) is 0. The van der Waals surface area contributed by atoms with Crippen LogP contribution in [-0.4, -0.2) is 26.1 Å². The van der Waals surface area contributed by atoms with Gasteiger partial charge in [-0.05, 0) is 37.6 Å². The van der Waals surface area contributed by atoms with E-state index in [-0.39, 0.29) is 5.69 Å². The highest BCUT2D eigenvalue weighted by atomic mass is 35.5. The van der Waals surface area contributed by atoms with Crippen LogP contribution in [0, 0.1) is 13.8 Å². The number of aryl methyl sites for hydroxylation is 2. The topological polar surface area (TPSA) is 68.0 Å². The smallest absolute Gasteiger partial charge is 0.356 e.